The van der Waals surface area contributed by atoms with Crippen molar-refractivity contribution in [1.29, 1.82) is 0 Å². The summed E-state index contributed by atoms with van der Waals surface area (Å²) in [5.74, 6) is 0.0170. The molecular formula is C20H19N3O3S. The van der Waals surface area contributed by atoms with Crippen LogP contribution in [0.4, 0.5) is 17.1 Å². The van der Waals surface area contributed by atoms with E-state index in [-0.39, 0.29) is 15.5 Å². The van der Waals surface area contributed by atoms with Crippen molar-refractivity contribution in [2.45, 2.75) is 9.79 Å². The minimum atomic E-state index is -3.64. The Hall–Kier alpha value is -3.19. The smallest absolute Gasteiger partial charge is 0.206 e. The van der Waals surface area contributed by atoms with E-state index in [1.807, 2.05) is 43.3 Å². The molecule has 1 N–H and O–H groups in total. The quantitative estimate of drug-likeness (QED) is 0.649. The van der Waals surface area contributed by atoms with Crippen molar-refractivity contribution in [2.24, 2.45) is 10.2 Å². The fourth-order valence-corrected chi connectivity index (χ4v) is 3.65. The molecule has 0 heterocycles. The van der Waals surface area contributed by atoms with Crippen molar-refractivity contribution in [1.82, 2.24) is 0 Å². The van der Waals surface area contributed by atoms with Crippen LogP contribution in [0, 0.1) is 0 Å². The number of hydrogen-bond donors (Lipinski definition) is 1. The molecule has 0 spiro atoms. The van der Waals surface area contributed by atoms with Crippen molar-refractivity contribution in [3.63, 3.8) is 0 Å². The normalized spacial score (nSPS) is 11.6. The van der Waals surface area contributed by atoms with Gasteiger partial charge in [0.25, 0.3) is 0 Å². The van der Waals surface area contributed by atoms with Gasteiger partial charge in [0.15, 0.2) is 0 Å². The van der Waals surface area contributed by atoms with Gasteiger partial charge >= 0.3 is 0 Å². The molecule has 0 bridgehead atoms. The molecule has 3 rings (SSSR count). The first-order valence-corrected chi connectivity index (χ1v) is 9.68. The Morgan fingerprint density at radius 1 is 0.704 bits per heavy atom. The largest absolute Gasteiger partial charge is 0.508 e. The van der Waals surface area contributed by atoms with Crippen molar-refractivity contribution in [3.05, 3.63) is 72.8 Å². The number of aromatic hydroxyl groups is 1. The Kier molecular flexibility index (Phi) is 5.23. The predicted octanol–water partition coefficient (Wildman–Crippen LogP) is 4.71. The molecule has 27 heavy (non-hydrogen) atoms. The van der Waals surface area contributed by atoms with Gasteiger partial charge in [-0.15, -0.1) is 0 Å². The van der Waals surface area contributed by atoms with E-state index < -0.39 is 9.84 Å². The van der Waals surface area contributed by atoms with Crippen LogP contribution in [0.25, 0.3) is 0 Å². The minimum Gasteiger partial charge on any atom is -0.508 e. The molecular weight excluding hydrogens is 362 g/mol. The van der Waals surface area contributed by atoms with Crippen LogP contribution >= 0.6 is 0 Å². The summed E-state index contributed by atoms with van der Waals surface area (Å²) in [5.41, 5.74) is 2.33. The van der Waals surface area contributed by atoms with Crippen LogP contribution < -0.4 is 4.90 Å². The predicted molar refractivity (Wildman–Crippen MR) is 105 cm³/mol. The fraction of sp³-hybridized carbons (Fsp3) is 0.100. The third-order valence-electron chi connectivity index (χ3n) is 3.94. The highest BCUT2D eigenvalue weighted by Gasteiger charge is 2.17. The Morgan fingerprint density at radius 2 is 1.11 bits per heavy atom. The minimum absolute atomic E-state index is 0.0170. The van der Waals surface area contributed by atoms with Gasteiger partial charge in [-0.2, -0.15) is 10.2 Å². The van der Waals surface area contributed by atoms with Crippen LogP contribution in [0.15, 0.2) is 92.8 Å². The zero-order chi connectivity index (χ0) is 19.4. The summed E-state index contributed by atoms with van der Waals surface area (Å²) in [5, 5.41) is 17.6. The van der Waals surface area contributed by atoms with Crippen LogP contribution in [-0.2, 0) is 9.84 Å². The first-order chi connectivity index (χ1) is 12.9. The van der Waals surface area contributed by atoms with Crippen LogP contribution in [0.1, 0.15) is 0 Å². The lowest BCUT2D eigenvalue weighted by Gasteiger charge is -2.11. The summed E-state index contributed by atoms with van der Waals surface area (Å²) in [6, 6.07) is 19.2. The maximum Gasteiger partial charge on any atom is 0.206 e. The zero-order valence-corrected chi connectivity index (χ0v) is 15.8. The Morgan fingerprint density at radius 3 is 1.56 bits per heavy atom. The molecule has 0 aromatic heterocycles. The number of rotatable bonds is 5. The Labute approximate surface area is 158 Å². The van der Waals surface area contributed by atoms with E-state index in [0.717, 1.165) is 5.69 Å². The molecule has 0 saturated heterocycles. The van der Waals surface area contributed by atoms with Gasteiger partial charge in [0.1, 0.15) is 5.75 Å². The highest BCUT2D eigenvalue weighted by atomic mass is 32.2. The highest BCUT2D eigenvalue weighted by Crippen LogP contribution is 2.26. The molecule has 0 atom stereocenters. The molecule has 0 aliphatic rings. The molecule has 0 radical (unpaired) electrons. The fourth-order valence-electron chi connectivity index (χ4n) is 2.39. The van der Waals surface area contributed by atoms with Crippen molar-refractivity contribution in [3.8, 4) is 5.75 Å². The number of benzene rings is 3. The first-order valence-electron chi connectivity index (χ1n) is 8.19. The monoisotopic (exact) mass is 381 g/mol. The second-order valence-electron chi connectivity index (χ2n) is 6.10. The Balaban J connectivity index is 1.77. The van der Waals surface area contributed by atoms with E-state index in [0.29, 0.717) is 11.4 Å². The topological polar surface area (TPSA) is 82.3 Å². The summed E-state index contributed by atoms with van der Waals surface area (Å²) in [4.78, 5) is 2.27. The maximum absolute atomic E-state index is 12.6. The molecule has 6 nitrogen and oxygen atoms in total. The zero-order valence-electron chi connectivity index (χ0n) is 14.9. The van der Waals surface area contributed by atoms with Crippen molar-refractivity contribution >= 4 is 26.9 Å². The lowest BCUT2D eigenvalue weighted by molar-refractivity contribution is 0.475. The van der Waals surface area contributed by atoms with Gasteiger partial charge in [-0.3, -0.25) is 0 Å². The summed E-state index contributed by atoms with van der Waals surface area (Å²) in [6.07, 6.45) is 0. The third-order valence-corrected chi connectivity index (χ3v) is 5.73. The second kappa shape index (κ2) is 7.59. The molecule has 3 aromatic carbocycles. The van der Waals surface area contributed by atoms with Gasteiger partial charge < -0.3 is 10.0 Å². The van der Waals surface area contributed by atoms with Crippen LogP contribution in [0.5, 0.6) is 5.75 Å². The molecule has 0 aliphatic carbocycles. The summed E-state index contributed by atoms with van der Waals surface area (Å²) in [7, 11) is 0.285. The molecule has 138 valence electrons. The lowest BCUT2D eigenvalue weighted by Crippen LogP contribution is -2.07. The van der Waals surface area contributed by atoms with Gasteiger partial charge in [0.2, 0.25) is 9.84 Å². The molecule has 3 aromatic rings. The van der Waals surface area contributed by atoms with Crippen LogP contribution in [0.2, 0.25) is 0 Å². The number of azo groups is 1. The third kappa shape index (κ3) is 4.32. The van der Waals surface area contributed by atoms with E-state index in [4.69, 9.17) is 0 Å². The first kappa shape index (κ1) is 18.6. The van der Waals surface area contributed by atoms with E-state index in [1.165, 1.54) is 36.4 Å². The molecule has 0 unspecified atom stereocenters. The maximum atomic E-state index is 12.6. The van der Waals surface area contributed by atoms with E-state index in [9.17, 15) is 13.5 Å². The molecule has 0 saturated carbocycles. The number of phenols is 1. The molecule has 7 heteroatoms. The number of nitrogens with zero attached hydrogens (tertiary/aromatic N) is 3. The lowest BCUT2D eigenvalue weighted by atomic mass is 10.3. The van der Waals surface area contributed by atoms with E-state index in [2.05, 4.69) is 10.2 Å². The standard InChI is InChI=1S/C20H19N3O3S/c1-23(2)17-7-3-15(4-8-17)21-22-16-5-11-19(12-6-16)27(25,26)20-13-9-18(24)10-14-20/h3-14,24H,1-2H3. The van der Waals surface area contributed by atoms with Gasteiger partial charge in [-0.1, -0.05) is 0 Å². The average Bonchev–Trinajstić information content (AvgIpc) is 2.67. The SMILES string of the molecule is CN(C)c1ccc(N=Nc2ccc(S(=O)(=O)c3ccc(O)cc3)cc2)cc1. The second-order valence-corrected chi connectivity index (χ2v) is 8.05. The van der Waals surface area contributed by atoms with Gasteiger partial charge in [0.05, 0.1) is 21.2 Å². The van der Waals surface area contributed by atoms with Crippen LogP contribution in [-0.4, -0.2) is 27.6 Å². The number of hydrogen-bond acceptors (Lipinski definition) is 6. The van der Waals surface area contributed by atoms with E-state index >= 15 is 0 Å². The van der Waals surface area contributed by atoms with Crippen LogP contribution in [0.3, 0.4) is 0 Å². The number of sulfone groups is 1. The van der Waals surface area contributed by atoms with E-state index in [1.54, 1.807) is 12.1 Å². The molecule has 0 aliphatic heterocycles. The number of phenolic OH excluding ortho intramolecular Hbond substituents is 1. The number of anilines is 1. The highest BCUT2D eigenvalue weighted by molar-refractivity contribution is 7.91. The van der Waals surface area contributed by atoms with Crippen molar-refractivity contribution < 1.29 is 13.5 Å². The summed E-state index contributed by atoms with van der Waals surface area (Å²) < 4.78 is 25.2. The van der Waals surface area contributed by atoms with Gasteiger partial charge in [0, 0.05) is 19.8 Å². The molecule has 0 amide bonds. The van der Waals surface area contributed by atoms with Crippen molar-refractivity contribution in [2.75, 3.05) is 19.0 Å². The Bertz CT molecular complexity index is 1040. The average molecular weight is 381 g/mol. The molecule has 0 fully saturated rings. The van der Waals surface area contributed by atoms with Gasteiger partial charge in [-0.25, -0.2) is 8.42 Å². The van der Waals surface area contributed by atoms with Gasteiger partial charge in [-0.05, 0) is 72.8 Å². The summed E-state index contributed by atoms with van der Waals surface area (Å²) >= 11 is 0. The summed E-state index contributed by atoms with van der Waals surface area (Å²) in [6.45, 7) is 0.